The van der Waals surface area contributed by atoms with E-state index in [1.807, 2.05) is 12.1 Å². The van der Waals surface area contributed by atoms with E-state index in [4.69, 9.17) is 0 Å². The number of carbonyl (C=O) groups excluding carboxylic acids is 1. The fourth-order valence-electron chi connectivity index (χ4n) is 2.34. The van der Waals surface area contributed by atoms with Crippen LogP contribution in [0.15, 0.2) is 28.7 Å². The molecule has 3 nitrogen and oxygen atoms in total. The molecular formula is C14H19BrN2O. The molecule has 1 aromatic rings. The van der Waals surface area contributed by atoms with Crippen molar-refractivity contribution >= 4 is 21.8 Å². The van der Waals surface area contributed by atoms with Crippen molar-refractivity contribution in [3.63, 3.8) is 0 Å². The molecule has 98 valence electrons. The number of carbonyl (C=O) groups is 1. The van der Waals surface area contributed by atoms with Crippen LogP contribution in [-0.4, -0.2) is 18.5 Å². The molecule has 4 heteroatoms. The summed E-state index contributed by atoms with van der Waals surface area (Å²) in [6.45, 7) is 2.95. The second kappa shape index (κ2) is 6.34. The first-order valence-electron chi connectivity index (χ1n) is 6.43. The Balaban J connectivity index is 1.97. The Labute approximate surface area is 116 Å². The van der Waals surface area contributed by atoms with Crippen molar-refractivity contribution < 1.29 is 4.79 Å². The maximum atomic E-state index is 11.5. The quantitative estimate of drug-likeness (QED) is 0.901. The van der Waals surface area contributed by atoms with Crippen LogP contribution in [0.3, 0.4) is 0 Å². The van der Waals surface area contributed by atoms with Crippen molar-refractivity contribution in [1.29, 1.82) is 0 Å². The maximum absolute atomic E-state index is 11.5. The molecule has 2 rings (SSSR count). The fourth-order valence-corrected chi connectivity index (χ4v) is 2.76. The van der Waals surface area contributed by atoms with Crippen LogP contribution in [0.4, 0.5) is 0 Å². The van der Waals surface area contributed by atoms with Crippen molar-refractivity contribution in [2.45, 2.75) is 38.3 Å². The van der Waals surface area contributed by atoms with Crippen molar-refractivity contribution in [2.75, 3.05) is 6.54 Å². The molecule has 0 aliphatic carbocycles. The van der Waals surface area contributed by atoms with Gasteiger partial charge < -0.3 is 10.6 Å². The molecule has 2 unspecified atom stereocenters. The zero-order valence-electron chi connectivity index (χ0n) is 10.6. The Bertz CT molecular complexity index is 422. The Morgan fingerprint density at radius 2 is 2.33 bits per heavy atom. The Hall–Kier alpha value is -0.870. The summed E-state index contributed by atoms with van der Waals surface area (Å²) in [7, 11) is 0. The summed E-state index contributed by atoms with van der Waals surface area (Å²) in [6.07, 6.45) is 2.68. The highest BCUT2D eigenvalue weighted by Gasteiger charge is 2.19. The first kappa shape index (κ1) is 13.6. The van der Waals surface area contributed by atoms with Crippen LogP contribution in [0.25, 0.3) is 0 Å². The third-order valence-electron chi connectivity index (χ3n) is 3.32. The molecule has 1 aromatic carbocycles. The lowest BCUT2D eigenvalue weighted by molar-refractivity contribution is -0.121. The molecule has 2 N–H and O–H groups in total. The standard InChI is InChI=1S/C14H19BrN2O/c1-10(11-4-2-5-12(15)8-11)17-13-6-3-7-16-14(18)9-13/h2,4-5,8,10,13,17H,3,6-7,9H2,1H3,(H,16,18). The van der Waals surface area contributed by atoms with Gasteiger partial charge in [-0.15, -0.1) is 0 Å². The Morgan fingerprint density at radius 3 is 3.11 bits per heavy atom. The second-order valence-corrected chi connectivity index (χ2v) is 5.75. The minimum Gasteiger partial charge on any atom is -0.356 e. The molecule has 0 bridgehead atoms. The van der Waals surface area contributed by atoms with Crippen molar-refractivity contribution in [3.8, 4) is 0 Å². The van der Waals surface area contributed by atoms with Gasteiger partial charge in [0.25, 0.3) is 0 Å². The summed E-state index contributed by atoms with van der Waals surface area (Å²) in [6, 6.07) is 8.83. The van der Waals surface area contributed by atoms with E-state index in [2.05, 4.69) is 45.6 Å². The highest BCUT2D eigenvalue weighted by molar-refractivity contribution is 9.10. The Morgan fingerprint density at radius 1 is 1.50 bits per heavy atom. The van der Waals surface area contributed by atoms with E-state index in [0.29, 0.717) is 6.42 Å². The fraction of sp³-hybridized carbons (Fsp3) is 0.500. The average Bonchev–Trinajstić information content (AvgIpc) is 2.53. The third-order valence-corrected chi connectivity index (χ3v) is 3.81. The van der Waals surface area contributed by atoms with Gasteiger partial charge in [0.2, 0.25) is 5.91 Å². The van der Waals surface area contributed by atoms with Crippen molar-refractivity contribution in [1.82, 2.24) is 10.6 Å². The number of rotatable bonds is 3. The van der Waals surface area contributed by atoms with Crippen LogP contribution in [-0.2, 0) is 4.79 Å². The van der Waals surface area contributed by atoms with Gasteiger partial charge in [-0.2, -0.15) is 0 Å². The van der Waals surface area contributed by atoms with Gasteiger partial charge in [0.1, 0.15) is 0 Å². The smallest absolute Gasteiger partial charge is 0.221 e. The summed E-state index contributed by atoms with van der Waals surface area (Å²) in [5, 5.41) is 6.46. The molecule has 0 radical (unpaired) electrons. The topological polar surface area (TPSA) is 41.1 Å². The molecule has 1 heterocycles. The monoisotopic (exact) mass is 310 g/mol. The summed E-state index contributed by atoms with van der Waals surface area (Å²) in [5.41, 5.74) is 1.24. The minimum atomic E-state index is 0.159. The molecule has 18 heavy (non-hydrogen) atoms. The second-order valence-electron chi connectivity index (χ2n) is 4.84. The molecule has 1 amide bonds. The lowest BCUT2D eigenvalue weighted by Crippen LogP contribution is -2.34. The van der Waals surface area contributed by atoms with Gasteiger partial charge in [-0.3, -0.25) is 4.79 Å². The van der Waals surface area contributed by atoms with E-state index in [-0.39, 0.29) is 18.0 Å². The van der Waals surface area contributed by atoms with Crippen LogP contribution >= 0.6 is 15.9 Å². The number of hydrogen-bond donors (Lipinski definition) is 2. The summed E-state index contributed by atoms with van der Waals surface area (Å²) < 4.78 is 1.09. The third kappa shape index (κ3) is 3.82. The van der Waals surface area contributed by atoms with E-state index < -0.39 is 0 Å². The van der Waals surface area contributed by atoms with Crippen LogP contribution in [0.1, 0.15) is 37.8 Å². The first-order chi connectivity index (χ1) is 8.65. The van der Waals surface area contributed by atoms with E-state index >= 15 is 0 Å². The van der Waals surface area contributed by atoms with Crippen LogP contribution in [0.2, 0.25) is 0 Å². The van der Waals surface area contributed by atoms with Crippen LogP contribution < -0.4 is 10.6 Å². The van der Waals surface area contributed by atoms with Gasteiger partial charge in [0.15, 0.2) is 0 Å². The number of benzene rings is 1. The van der Waals surface area contributed by atoms with Crippen molar-refractivity contribution in [2.24, 2.45) is 0 Å². The predicted molar refractivity (Wildman–Crippen MR) is 76.3 cm³/mol. The molecule has 1 aliphatic rings. The summed E-state index contributed by atoms with van der Waals surface area (Å²) in [4.78, 5) is 11.5. The highest BCUT2D eigenvalue weighted by atomic mass is 79.9. The normalized spacial score (nSPS) is 22.1. The number of nitrogens with one attached hydrogen (secondary N) is 2. The van der Waals surface area contributed by atoms with Gasteiger partial charge >= 0.3 is 0 Å². The van der Waals surface area contributed by atoms with Crippen LogP contribution in [0.5, 0.6) is 0 Å². The van der Waals surface area contributed by atoms with Gasteiger partial charge in [-0.05, 0) is 37.5 Å². The Kier molecular flexibility index (Phi) is 4.78. The molecule has 2 atom stereocenters. The molecule has 0 saturated carbocycles. The molecular weight excluding hydrogens is 292 g/mol. The molecule has 0 aromatic heterocycles. The average molecular weight is 311 g/mol. The van der Waals surface area contributed by atoms with E-state index in [1.54, 1.807) is 0 Å². The molecule has 1 saturated heterocycles. The van der Waals surface area contributed by atoms with Gasteiger partial charge in [0.05, 0.1) is 0 Å². The summed E-state index contributed by atoms with van der Waals surface area (Å²) in [5.74, 6) is 0.159. The summed E-state index contributed by atoms with van der Waals surface area (Å²) >= 11 is 3.49. The van der Waals surface area contributed by atoms with E-state index in [1.165, 1.54) is 5.56 Å². The van der Waals surface area contributed by atoms with E-state index in [9.17, 15) is 4.79 Å². The minimum absolute atomic E-state index is 0.159. The molecule has 1 fully saturated rings. The van der Waals surface area contributed by atoms with E-state index in [0.717, 1.165) is 23.9 Å². The predicted octanol–water partition coefficient (Wildman–Crippen LogP) is 2.77. The highest BCUT2D eigenvalue weighted by Crippen LogP contribution is 2.19. The SMILES string of the molecule is CC(NC1CCCNC(=O)C1)c1cccc(Br)c1. The van der Waals surface area contributed by atoms with Gasteiger partial charge in [-0.1, -0.05) is 28.1 Å². The zero-order chi connectivity index (χ0) is 13.0. The molecule has 0 spiro atoms. The van der Waals surface area contributed by atoms with Crippen molar-refractivity contribution in [3.05, 3.63) is 34.3 Å². The lowest BCUT2D eigenvalue weighted by Gasteiger charge is -2.21. The maximum Gasteiger partial charge on any atom is 0.221 e. The molecule has 1 aliphatic heterocycles. The number of halogens is 1. The first-order valence-corrected chi connectivity index (χ1v) is 7.22. The largest absolute Gasteiger partial charge is 0.356 e. The number of amides is 1. The number of hydrogen-bond acceptors (Lipinski definition) is 2. The van der Waals surface area contributed by atoms with Crippen LogP contribution in [0, 0.1) is 0 Å². The van der Waals surface area contributed by atoms with Gasteiger partial charge in [0, 0.05) is 29.5 Å². The van der Waals surface area contributed by atoms with Gasteiger partial charge in [-0.25, -0.2) is 0 Å². The zero-order valence-corrected chi connectivity index (χ0v) is 12.2. The lowest BCUT2D eigenvalue weighted by atomic mass is 10.0.